The zero-order chi connectivity index (χ0) is 31.1. The standard InChI is InChI=1S/C30H30F3N7O4/c1-20(43-25-13-15-26(16-14-25)44-30(31,32)33)28(42)40(24-11-9-23(10-12-24)39-17-3-2-4-18-39)19-21-5-7-22(8-6-21)27(41)34-29-35-37-38-36-29/h5-16,20H,2-4,17-19H2,1H3,(H2,34,35,36,37,38,41). The average Bonchev–Trinajstić information content (AvgIpc) is 3.54. The van der Waals surface area contributed by atoms with Crippen molar-refractivity contribution in [3.63, 3.8) is 0 Å². The topological polar surface area (TPSA) is 126 Å². The van der Waals surface area contributed by atoms with E-state index in [0.29, 0.717) is 11.3 Å². The lowest BCUT2D eigenvalue weighted by Gasteiger charge is -2.30. The van der Waals surface area contributed by atoms with Crippen LogP contribution in [0.1, 0.15) is 42.1 Å². The number of piperidine rings is 1. The van der Waals surface area contributed by atoms with Gasteiger partial charge in [-0.3, -0.25) is 14.9 Å². The number of carbonyl (C=O) groups is 2. The average molecular weight is 610 g/mol. The summed E-state index contributed by atoms with van der Waals surface area (Å²) < 4.78 is 47.3. The number of tetrazole rings is 1. The van der Waals surface area contributed by atoms with Gasteiger partial charge in [0, 0.05) is 30.0 Å². The number of ether oxygens (including phenoxy) is 2. The molecular weight excluding hydrogens is 579 g/mol. The van der Waals surface area contributed by atoms with Gasteiger partial charge in [0.1, 0.15) is 11.5 Å². The van der Waals surface area contributed by atoms with E-state index >= 15 is 0 Å². The Morgan fingerprint density at radius 2 is 1.61 bits per heavy atom. The number of amides is 2. The third kappa shape index (κ3) is 8.02. The van der Waals surface area contributed by atoms with E-state index in [1.807, 2.05) is 24.3 Å². The molecular formula is C30H30F3N7O4. The number of rotatable bonds is 10. The van der Waals surface area contributed by atoms with Crippen molar-refractivity contribution < 1.29 is 32.2 Å². The van der Waals surface area contributed by atoms with Crippen LogP contribution in [0.25, 0.3) is 0 Å². The highest BCUT2D eigenvalue weighted by molar-refractivity contribution is 6.03. The lowest BCUT2D eigenvalue weighted by molar-refractivity contribution is -0.274. The van der Waals surface area contributed by atoms with Gasteiger partial charge < -0.3 is 19.3 Å². The van der Waals surface area contributed by atoms with Gasteiger partial charge in [-0.05, 0) is 97.6 Å². The van der Waals surface area contributed by atoms with Crippen LogP contribution < -0.4 is 24.6 Å². The van der Waals surface area contributed by atoms with Crippen LogP contribution in [0.15, 0.2) is 72.8 Å². The van der Waals surface area contributed by atoms with Crippen LogP contribution >= 0.6 is 0 Å². The predicted molar refractivity (Wildman–Crippen MR) is 155 cm³/mol. The second-order valence-corrected chi connectivity index (χ2v) is 10.2. The summed E-state index contributed by atoms with van der Waals surface area (Å²) in [6.07, 6.45) is -2.32. The maximum Gasteiger partial charge on any atom is 0.573 e. The van der Waals surface area contributed by atoms with Crippen molar-refractivity contribution in [3.05, 3.63) is 83.9 Å². The van der Waals surface area contributed by atoms with Crippen LogP contribution in [0.3, 0.4) is 0 Å². The highest BCUT2D eigenvalue weighted by atomic mass is 19.4. The first-order valence-corrected chi connectivity index (χ1v) is 14.0. The molecule has 0 aliphatic carbocycles. The minimum absolute atomic E-state index is 0.0420. The molecule has 1 saturated heterocycles. The summed E-state index contributed by atoms with van der Waals surface area (Å²) in [7, 11) is 0. The molecule has 2 N–H and O–H groups in total. The van der Waals surface area contributed by atoms with Gasteiger partial charge in [0.05, 0.1) is 6.54 Å². The summed E-state index contributed by atoms with van der Waals surface area (Å²) in [6, 6.07) is 19.3. The quantitative estimate of drug-likeness (QED) is 0.247. The normalized spacial score (nSPS) is 14.0. The second kappa shape index (κ2) is 13.4. The number of hydrogen-bond donors (Lipinski definition) is 2. The highest BCUT2D eigenvalue weighted by Gasteiger charge is 2.31. The van der Waals surface area contributed by atoms with E-state index < -0.39 is 24.1 Å². The predicted octanol–water partition coefficient (Wildman–Crippen LogP) is 5.34. The maximum atomic E-state index is 13.8. The van der Waals surface area contributed by atoms with Gasteiger partial charge in [-0.1, -0.05) is 17.2 Å². The lowest BCUT2D eigenvalue weighted by Crippen LogP contribution is -2.40. The van der Waals surface area contributed by atoms with E-state index in [2.05, 4.69) is 35.6 Å². The minimum Gasteiger partial charge on any atom is -0.481 e. The van der Waals surface area contributed by atoms with Crippen molar-refractivity contribution in [2.75, 3.05) is 28.2 Å². The summed E-state index contributed by atoms with van der Waals surface area (Å²) in [5.74, 6) is -0.940. The van der Waals surface area contributed by atoms with Crippen molar-refractivity contribution in [3.8, 4) is 11.5 Å². The molecule has 1 aromatic heterocycles. The number of aromatic amines is 1. The molecule has 4 aromatic rings. The molecule has 44 heavy (non-hydrogen) atoms. The first-order chi connectivity index (χ1) is 21.1. The molecule has 1 fully saturated rings. The van der Waals surface area contributed by atoms with E-state index in [4.69, 9.17) is 4.74 Å². The molecule has 5 rings (SSSR count). The summed E-state index contributed by atoms with van der Waals surface area (Å²) in [5, 5.41) is 15.6. The summed E-state index contributed by atoms with van der Waals surface area (Å²) in [6.45, 7) is 3.70. The van der Waals surface area contributed by atoms with Crippen molar-refractivity contribution in [2.45, 2.75) is 45.2 Å². The third-order valence-corrected chi connectivity index (χ3v) is 6.99. The molecule has 0 saturated carbocycles. The number of nitrogens with one attached hydrogen (secondary N) is 2. The Bertz CT molecular complexity index is 1530. The number of benzene rings is 3. The number of halogens is 3. The molecule has 0 bridgehead atoms. The third-order valence-electron chi connectivity index (χ3n) is 6.99. The number of carbonyl (C=O) groups excluding carboxylic acids is 2. The van der Waals surface area contributed by atoms with Crippen LogP contribution in [0.4, 0.5) is 30.5 Å². The van der Waals surface area contributed by atoms with Crippen LogP contribution in [-0.2, 0) is 11.3 Å². The zero-order valence-electron chi connectivity index (χ0n) is 23.8. The molecule has 1 aliphatic heterocycles. The summed E-state index contributed by atoms with van der Waals surface area (Å²) in [4.78, 5) is 30.2. The molecule has 3 aromatic carbocycles. The Labute approximate surface area is 251 Å². The van der Waals surface area contributed by atoms with Gasteiger partial charge in [0.25, 0.3) is 17.8 Å². The van der Waals surface area contributed by atoms with E-state index in [0.717, 1.165) is 49.3 Å². The van der Waals surface area contributed by atoms with E-state index in [1.165, 1.54) is 18.6 Å². The van der Waals surface area contributed by atoms with Crippen molar-refractivity contribution in [2.24, 2.45) is 0 Å². The van der Waals surface area contributed by atoms with Crippen molar-refractivity contribution in [1.82, 2.24) is 20.6 Å². The molecule has 2 heterocycles. The van der Waals surface area contributed by atoms with Crippen LogP contribution in [0.2, 0.25) is 0 Å². The fourth-order valence-electron chi connectivity index (χ4n) is 4.82. The lowest BCUT2D eigenvalue weighted by atomic mass is 10.1. The first-order valence-electron chi connectivity index (χ1n) is 14.0. The molecule has 1 aliphatic rings. The van der Waals surface area contributed by atoms with Gasteiger partial charge in [0.15, 0.2) is 6.10 Å². The molecule has 0 radical (unpaired) electrons. The van der Waals surface area contributed by atoms with Gasteiger partial charge >= 0.3 is 6.36 Å². The van der Waals surface area contributed by atoms with E-state index in [9.17, 15) is 22.8 Å². The first kappa shape index (κ1) is 30.3. The Hall–Kier alpha value is -5.14. The smallest absolute Gasteiger partial charge is 0.481 e. The van der Waals surface area contributed by atoms with E-state index in [1.54, 1.807) is 36.1 Å². The zero-order valence-corrected chi connectivity index (χ0v) is 23.8. The molecule has 230 valence electrons. The van der Waals surface area contributed by atoms with Crippen molar-refractivity contribution in [1.29, 1.82) is 0 Å². The highest BCUT2D eigenvalue weighted by Crippen LogP contribution is 2.28. The van der Waals surface area contributed by atoms with Crippen LogP contribution in [0.5, 0.6) is 11.5 Å². The van der Waals surface area contributed by atoms with Gasteiger partial charge in [-0.15, -0.1) is 18.3 Å². The molecule has 2 amide bonds. The molecule has 1 unspecified atom stereocenters. The van der Waals surface area contributed by atoms with Gasteiger partial charge in [-0.25, -0.2) is 0 Å². The molecule has 11 nitrogen and oxygen atoms in total. The fraction of sp³-hybridized carbons (Fsp3) is 0.300. The number of anilines is 3. The summed E-state index contributed by atoms with van der Waals surface area (Å²) in [5.41, 5.74) is 2.81. The number of nitrogens with zero attached hydrogens (tertiary/aromatic N) is 5. The Morgan fingerprint density at radius 3 is 2.23 bits per heavy atom. The Balaban J connectivity index is 1.33. The van der Waals surface area contributed by atoms with Crippen molar-refractivity contribution >= 4 is 29.1 Å². The van der Waals surface area contributed by atoms with E-state index in [-0.39, 0.29) is 24.1 Å². The van der Waals surface area contributed by atoms with Gasteiger partial charge in [-0.2, -0.15) is 5.21 Å². The SMILES string of the molecule is CC(Oc1ccc(OC(F)(F)F)cc1)C(=O)N(Cc1ccc(C(=O)Nc2nn[nH]n2)cc1)c1ccc(N2CCCCC2)cc1. The number of hydrogen-bond acceptors (Lipinski definition) is 8. The minimum atomic E-state index is -4.81. The van der Waals surface area contributed by atoms with Crippen LogP contribution in [-0.4, -0.2) is 58.0 Å². The second-order valence-electron chi connectivity index (χ2n) is 10.2. The van der Waals surface area contributed by atoms with Gasteiger partial charge in [0.2, 0.25) is 0 Å². The number of alkyl halides is 3. The number of aromatic nitrogens is 4. The maximum absolute atomic E-state index is 13.8. The Morgan fingerprint density at radius 1 is 0.955 bits per heavy atom. The monoisotopic (exact) mass is 609 g/mol. The Kier molecular flexibility index (Phi) is 9.26. The number of H-pyrrole nitrogens is 1. The molecule has 0 spiro atoms. The largest absolute Gasteiger partial charge is 0.573 e. The fourth-order valence-corrected chi connectivity index (χ4v) is 4.82. The van der Waals surface area contributed by atoms with Crippen LogP contribution in [0, 0.1) is 0 Å². The molecule has 14 heteroatoms. The molecule has 1 atom stereocenters. The summed E-state index contributed by atoms with van der Waals surface area (Å²) >= 11 is 0.